The van der Waals surface area contributed by atoms with Crippen LogP contribution in [-0.2, 0) is 9.59 Å². The normalized spacial score (nSPS) is 29.2. The van der Waals surface area contributed by atoms with Crippen LogP contribution in [0.2, 0.25) is 5.02 Å². The van der Waals surface area contributed by atoms with E-state index < -0.39 is 0 Å². The summed E-state index contributed by atoms with van der Waals surface area (Å²) in [6, 6.07) is 8.09. The molecule has 4 rings (SSSR count). The van der Waals surface area contributed by atoms with Gasteiger partial charge in [0, 0.05) is 36.0 Å². The summed E-state index contributed by atoms with van der Waals surface area (Å²) in [5.74, 6) is 0.929. The van der Waals surface area contributed by atoms with Crippen molar-refractivity contribution in [3.05, 3.63) is 34.9 Å². The number of amides is 2. The van der Waals surface area contributed by atoms with Crippen LogP contribution in [0.4, 0.5) is 0 Å². The number of benzene rings is 1. The monoisotopic (exact) mass is 346 g/mol. The average Bonchev–Trinajstić information content (AvgIpc) is 3.48. The third-order valence-corrected chi connectivity index (χ3v) is 5.66. The molecule has 0 unspecified atom stereocenters. The minimum Gasteiger partial charge on any atom is -0.352 e. The van der Waals surface area contributed by atoms with E-state index in [2.05, 4.69) is 11.4 Å². The lowest BCUT2D eigenvalue weighted by Gasteiger charge is -2.32. The molecule has 2 aliphatic carbocycles. The highest BCUT2D eigenvalue weighted by Crippen LogP contribution is 2.41. The Hall–Kier alpha value is -1.55. The SMILES string of the molecule is O=C(N[C@@H]1C[C@H]1c1cccc(Cl)c1)[C@@H]1CCCN(C(=O)C2CC2)C1. The largest absolute Gasteiger partial charge is 0.352 e. The third-order valence-electron chi connectivity index (χ3n) is 5.43. The first-order valence-electron chi connectivity index (χ1n) is 8.96. The highest BCUT2D eigenvalue weighted by atomic mass is 35.5. The second-order valence-electron chi connectivity index (χ2n) is 7.41. The molecular formula is C19H23ClN2O2. The van der Waals surface area contributed by atoms with Gasteiger partial charge in [0.25, 0.3) is 0 Å². The Morgan fingerprint density at radius 3 is 2.75 bits per heavy atom. The first-order chi connectivity index (χ1) is 11.6. The molecule has 128 valence electrons. The molecule has 1 heterocycles. The number of hydrogen-bond acceptors (Lipinski definition) is 2. The van der Waals surface area contributed by atoms with E-state index in [-0.39, 0.29) is 29.7 Å². The van der Waals surface area contributed by atoms with Crippen molar-refractivity contribution in [3.8, 4) is 0 Å². The maximum atomic E-state index is 12.6. The Morgan fingerprint density at radius 2 is 2.00 bits per heavy atom. The summed E-state index contributed by atoms with van der Waals surface area (Å²) in [6.45, 7) is 1.41. The summed E-state index contributed by atoms with van der Waals surface area (Å²) in [6.07, 6.45) is 4.84. The molecule has 0 spiro atoms. The molecule has 1 aromatic carbocycles. The van der Waals surface area contributed by atoms with E-state index in [1.807, 2.05) is 23.1 Å². The zero-order valence-corrected chi connectivity index (χ0v) is 14.5. The number of hydrogen-bond donors (Lipinski definition) is 1. The summed E-state index contributed by atoms with van der Waals surface area (Å²) in [5.41, 5.74) is 1.20. The van der Waals surface area contributed by atoms with Gasteiger partial charge >= 0.3 is 0 Å². The molecule has 3 aliphatic rings. The lowest BCUT2D eigenvalue weighted by atomic mass is 9.96. The second kappa shape index (κ2) is 6.40. The van der Waals surface area contributed by atoms with Crippen molar-refractivity contribution in [1.82, 2.24) is 10.2 Å². The quantitative estimate of drug-likeness (QED) is 0.911. The Balaban J connectivity index is 1.31. The van der Waals surface area contributed by atoms with Crippen LogP contribution in [0.25, 0.3) is 0 Å². The van der Waals surface area contributed by atoms with Gasteiger partial charge in [-0.15, -0.1) is 0 Å². The third kappa shape index (κ3) is 3.44. The van der Waals surface area contributed by atoms with E-state index >= 15 is 0 Å². The van der Waals surface area contributed by atoms with E-state index in [0.29, 0.717) is 12.5 Å². The number of likely N-dealkylation sites (tertiary alicyclic amines) is 1. The van der Waals surface area contributed by atoms with Gasteiger partial charge in [-0.25, -0.2) is 0 Å². The minimum absolute atomic E-state index is 0.0536. The number of carbonyl (C=O) groups is 2. The molecule has 3 atom stereocenters. The van der Waals surface area contributed by atoms with E-state index in [0.717, 1.165) is 43.7 Å². The number of nitrogens with zero attached hydrogens (tertiary/aromatic N) is 1. The molecule has 2 amide bonds. The number of carbonyl (C=O) groups excluding carboxylic acids is 2. The van der Waals surface area contributed by atoms with Gasteiger partial charge < -0.3 is 10.2 Å². The van der Waals surface area contributed by atoms with Crippen molar-refractivity contribution < 1.29 is 9.59 Å². The number of halogens is 1. The van der Waals surface area contributed by atoms with Gasteiger partial charge in [0.05, 0.1) is 5.92 Å². The average molecular weight is 347 g/mol. The lowest BCUT2D eigenvalue weighted by molar-refractivity contribution is -0.136. The van der Waals surface area contributed by atoms with Crippen molar-refractivity contribution in [1.29, 1.82) is 0 Å². The molecule has 0 bridgehead atoms. The summed E-state index contributed by atoms with van der Waals surface area (Å²) in [5, 5.41) is 3.92. The standard InChI is InChI=1S/C19H23ClN2O2/c20-15-5-1-3-13(9-15)16-10-17(16)21-18(23)14-4-2-8-22(11-14)19(24)12-6-7-12/h1,3,5,9,12,14,16-17H,2,4,6-8,10-11H2,(H,21,23)/t14-,16+,17-/m1/s1. The number of rotatable bonds is 4. The highest BCUT2D eigenvalue weighted by Gasteiger charge is 2.42. The van der Waals surface area contributed by atoms with Crippen molar-refractivity contribution in [2.75, 3.05) is 13.1 Å². The number of piperidine rings is 1. The Bertz CT molecular complexity index is 659. The first kappa shape index (κ1) is 15.9. The van der Waals surface area contributed by atoms with Crippen LogP contribution in [-0.4, -0.2) is 35.8 Å². The summed E-state index contributed by atoms with van der Waals surface area (Å²) in [4.78, 5) is 26.7. The van der Waals surface area contributed by atoms with Crippen LogP contribution in [0.3, 0.4) is 0 Å². The molecule has 0 aromatic heterocycles. The molecule has 5 heteroatoms. The zero-order chi connectivity index (χ0) is 16.7. The Morgan fingerprint density at radius 1 is 1.17 bits per heavy atom. The fourth-order valence-electron chi connectivity index (χ4n) is 3.74. The predicted molar refractivity (Wildman–Crippen MR) is 92.8 cm³/mol. The maximum absolute atomic E-state index is 12.6. The molecule has 0 radical (unpaired) electrons. The fraction of sp³-hybridized carbons (Fsp3) is 0.579. The molecule has 4 nitrogen and oxygen atoms in total. The summed E-state index contributed by atoms with van der Waals surface area (Å²) < 4.78 is 0. The smallest absolute Gasteiger partial charge is 0.225 e. The van der Waals surface area contributed by atoms with E-state index in [4.69, 9.17) is 11.6 Å². The maximum Gasteiger partial charge on any atom is 0.225 e. The molecule has 1 saturated heterocycles. The van der Waals surface area contributed by atoms with E-state index in [1.54, 1.807) is 0 Å². The van der Waals surface area contributed by atoms with Crippen molar-refractivity contribution in [3.63, 3.8) is 0 Å². The van der Waals surface area contributed by atoms with Gasteiger partial charge in [-0.3, -0.25) is 9.59 Å². The molecule has 24 heavy (non-hydrogen) atoms. The van der Waals surface area contributed by atoms with Gasteiger partial charge in [0.1, 0.15) is 0 Å². The zero-order valence-electron chi connectivity index (χ0n) is 13.7. The van der Waals surface area contributed by atoms with Gasteiger partial charge in [0.2, 0.25) is 11.8 Å². The molecule has 1 aliphatic heterocycles. The molecule has 3 fully saturated rings. The van der Waals surface area contributed by atoms with Crippen LogP contribution in [0.5, 0.6) is 0 Å². The van der Waals surface area contributed by atoms with Crippen LogP contribution in [0.1, 0.15) is 43.6 Å². The summed E-state index contributed by atoms with van der Waals surface area (Å²) >= 11 is 6.04. The predicted octanol–water partition coefficient (Wildman–Crippen LogP) is 2.96. The molecule has 2 saturated carbocycles. The number of nitrogens with one attached hydrogen (secondary N) is 1. The summed E-state index contributed by atoms with van der Waals surface area (Å²) in [7, 11) is 0. The van der Waals surface area contributed by atoms with Gasteiger partial charge in [-0.2, -0.15) is 0 Å². The molecule has 1 aromatic rings. The van der Waals surface area contributed by atoms with Crippen LogP contribution >= 0.6 is 11.6 Å². The topological polar surface area (TPSA) is 49.4 Å². The minimum atomic E-state index is -0.0536. The Kier molecular flexibility index (Phi) is 4.25. The van der Waals surface area contributed by atoms with Crippen molar-refractivity contribution >= 4 is 23.4 Å². The van der Waals surface area contributed by atoms with Crippen molar-refractivity contribution in [2.24, 2.45) is 11.8 Å². The van der Waals surface area contributed by atoms with Gasteiger partial charge in [0.15, 0.2) is 0 Å². The van der Waals surface area contributed by atoms with Crippen LogP contribution in [0.15, 0.2) is 24.3 Å². The fourth-order valence-corrected chi connectivity index (χ4v) is 3.94. The Labute approximate surface area is 147 Å². The van der Waals surface area contributed by atoms with E-state index in [9.17, 15) is 9.59 Å². The first-order valence-corrected chi connectivity index (χ1v) is 9.34. The lowest BCUT2D eigenvalue weighted by Crippen LogP contribution is -2.46. The highest BCUT2D eigenvalue weighted by molar-refractivity contribution is 6.30. The molecule has 1 N–H and O–H groups in total. The van der Waals surface area contributed by atoms with Crippen molar-refractivity contribution in [2.45, 2.75) is 44.1 Å². The van der Waals surface area contributed by atoms with Gasteiger partial charge in [-0.1, -0.05) is 23.7 Å². The van der Waals surface area contributed by atoms with Gasteiger partial charge in [-0.05, 0) is 49.8 Å². The van der Waals surface area contributed by atoms with Crippen LogP contribution in [0, 0.1) is 11.8 Å². The van der Waals surface area contributed by atoms with Crippen LogP contribution < -0.4 is 5.32 Å². The second-order valence-corrected chi connectivity index (χ2v) is 7.85. The van der Waals surface area contributed by atoms with E-state index in [1.165, 1.54) is 5.56 Å². The molecular weight excluding hydrogens is 324 g/mol.